The molecular formula is C10H10ClF2N3OS. The SMILES string of the molecule is Cl.FC1(F)CNC(c2nc(-c3cccs3)no2)C1. The molecule has 2 aromatic rings. The van der Waals surface area contributed by atoms with Crippen LogP contribution in [0.15, 0.2) is 22.0 Å². The predicted molar refractivity (Wildman–Crippen MR) is 65.2 cm³/mol. The number of aromatic nitrogens is 2. The van der Waals surface area contributed by atoms with Gasteiger partial charge in [0.05, 0.1) is 17.5 Å². The number of halogens is 3. The van der Waals surface area contributed by atoms with Gasteiger partial charge < -0.3 is 4.52 Å². The lowest BCUT2D eigenvalue weighted by atomic mass is 10.2. The molecule has 1 aliphatic rings. The van der Waals surface area contributed by atoms with Crippen LogP contribution in [0.3, 0.4) is 0 Å². The third kappa shape index (κ3) is 2.52. The Morgan fingerprint density at radius 1 is 1.50 bits per heavy atom. The van der Waals surface area contributed by atoms with E-state index in [-0.39, 0.29) is 31.3 Å². The van der Waals surface area contributed by atoms with Crippen molar-refractivity contribution in [2.75, 3.05) is 6.54 Å². The summed E-state index contributed by atoms with van der Waals surface area (Å²) < 4.78 is 31.0. The Morgan fingerprint density at radius 3 is 2.94 bits per heavy atom. The molecule has 3 rings (SSSR count). The second-order valence-electron chi connectivity index (χ2n) is 3.93. The van der Waals surface area contributed by atoms with E-state index in [1.54, 1.807) is 0 Å². The van der Waals surface area contributed by atoms with Crippen LogP contribution < -0.4 is 5.32 Å². The van der Waals surface area contributed by atoms with Crippen LogP contribution in [0, 0.1) is 0 Å². The number of hydrogen-bond acceptors (Lipinski definition) is 5. The number of rotatable bonds is 2. The van der Waals surface area contributed by atoms with Crippen LogP contribution in [0.5, 0.6) is 0 Å². The summed E-state index contributed by atoms with van der Waals surface area (Å²) in [5, 5.41) is 8.37. The van der Waals surface area contributed by atoms with Gasteiger partial charge in [0, 0.05) is 6.42 Å². The van der Waals surface area contributed by atoms with Gasteiger partial charge in [0.2, 0.25) is 11.7 Å². The van der Waals surface area contributed by atoms with Crippen molar-refractivity contribution in [2.45, 2.75) is 18.4 Å². The van der Waals surface area contributed by atoms with E-state index in [1.165, 1.54) is 11.3 Å². The van der Waals surface area contributed by atoms with Crippen LogP contribution in [0.25, 0.3) is 10.7 Å². The molecule has 0 saturated carbocycles. The Kier molecular flexibility index (Phi) is 3.65. The summed E-state index contributed by atoms with van der Waals surface area (Å²) in [5.74, 6) is -2.01. The molecule has 1 saturated heterocycles. The molecule has 0 aliphatic carbocycles. The molecule has 1 aliphatic heterocycles. The van der Waals surface area contributed by atoms with Gasteiger partial charge in [-0.25, -0.2) is 8.78 Å². The predicted octanol–water partition coefficient (Wildman–Crippen LogP) is 2.89. The van der Waals surface area contributed by atoms with Gasteiger partial charge in [-0.1, -0.05) is 11.2 Å². The summed E-state index contributed by atoms with van der Waals surface area (Å²) in [6, 6.07) is 3.18. The minimum absolute atomic E-state index is 0. The number of thiophene rings is 1. The van der Waals surface area contributed by atoms with E-state index in [0.717, 1.165) is 4.88 Å². The lowest BCUT2D eigenvalue weighted by Crippen LogP contribution is -2.19. The standard InChI is InChI=1S/C10H9F2N3OS.ClH/c11-10(12)4-6(13-5-10)9-14-8(15-16-9)7-2-1-3-17-7;/h1-3,6,13H,4-5H2;1H. The molecule has 3 heterocycles. The summed E-state index contributed by atoms with van der Waals surface area (Å²) in [6.45, 7) is -0.339. The number of alkyl halides is 2. The fraction of sp³-hybridized carbons (Fsp3) is 0.400. The highest BCUT2D eigenvalue weighted by Crippen LogP contribution is 2.34. The molecule has 0 spiro atoms. The van der Waals surface area contributed by atoms with Crippen LogP contribution in [-0.2, 0) is 0 Å². The smallest absolute Gasteiger partial charge is 0.262 e. The third-order valence-electron chi connectivity index (χ3n) is 2.59. The summed E-state index contributed by atoms with van der Waals surface area (Å²) in [7, 11) is 0. The van der Waals surface area contributed by atoms with Gasteiger partial charge in [-0.05, 0) is 11.4 Å². The van der Waals surface area contributed by atoms with Gasteiger partial charge in [0.15, 0.2) is 0 Å². The molecule has 98 valence electrons. The van der Waals surface area contributed by atoms with Crippen molar-refractivity contribution in [2.24, 2.45) is 0 Å². The number of nitrogens with one attached hydrogen (secondary N) is 1. The molecule has 4 nitrogen and oxygen atoms in total. The van der Waals surface area contributed by atoms with Gasteiger partial charge in [-0.3, -0.25) is 5.32 Å². The zero-order valence-corrected chi connectivity index (χ0v) is 10.7. The van der Waals surface area contributed by atoms with Gasteiger partial charge in [0.25, 0.3) is 5.92 Å². The second-order valence-corrected chi connectivity index (χ2v) is 4.87. The highest BCUT2D eigenvalue weighted by molar-refractivity contribution is 7.13. The Labute approximate surface area is 112 Å². The average Bonchev–Trinajstić information content (AvgIpc) is 2.93. The maximum atomic E-state index is 13.0. The normalized spacial score (nSPS) is 21.8. The summed E-state index contributed by atoms with van der Waals surface area (Å²) in [4.78, 5) is 5.00. The Morgan fingerprint density at radius 2 is 2.33 bits per heavy atom. The number of hydrogen-bond donors (Lipinski definition) is 1. The zero-order valence-electron chi connectivity index (χ0n) is 9.10. The first-order chi connectivity index (χ1) is 8.14. The summed E-state index contributed by atoms with van der Waals surface area (Å²) >= 11 is 1.48. The molecule has 0 bridgehead atoms. The van der Waals surface area contributed by atoms with Crippen LogP contribution in [-0.4, -0.2) is 22.6 Å². The van der Waals surface area contributed by atoms with Crippen molar-refractivity contribution in [3.05, 3.63) is 23.4 Å². The van der Waals surface area contributed by atoms with Crippen molar-refractivity contribution in [3.63, 3.8) is 0 Å². The van der Waals surface area contributed by atoms with Gasteiger partial charge in [-0.15, -0.1) is 23.7 Å². The molecule has 1 N–H and O–H groups in total. The summed E-state index contributed by atoms with van der Waals surface area (Å²) in [5.41, 5.74) is 0. The molecule has 2 aromatic heterocycles. The topological polar surface area (TPSA) is 51.0 Å². The average molecular weight is 294 g/mol. The van der Waals surface area contributed by atoms with Gasteiger partial charge in [-0.2, -0.15) is 4.98 Å². The Balaban J connectivity index is 0.00000120. The molecule has 18 heavy (non-hydrogen) atoms. The largest absolute Gasteiger partial charge is 0.337 e. The van der Waals surface area contributed by atoms with E-state index < -0.39 is 12.0 Å². The molecule has 0 amide bonds. The van der Waals surface area contributed by atoms with E-state index in [9.17, 15) is 8.78 Å². The van der Waals surface area contributed by atoms with E-state index in [0.29, 0.717) is 5.82 Å². The minimum atomic E-state index is -2.69. The quantitative estimate of drug-likeness (QED) is 0.925. The van der Waals surface area contributed by atoms with E-state index in [1.807, 2.05) is 17.5 Å². The minimum Gasteiger partial charge on any atom is -0.337 e. The van der Waals surface area contributed by atoms with Crippen molar-refractivity contribution < 1.29 is 13.3 Å². The zero-order chi connectivity index (χ0) is 11.9. The van der Waals surface area contributed by atoms with Crippen LogP contribution in [0.4, 0.5) is 8.78 Å². The van der Waals surface area contributed by atoms with Crippen LogP contribution >= 0.6 is 23.7 Å². The highest BCUT2D eigenvalue weighted by atomic mass is 35.5. The fourth-order valence-corrected chi connectivity index (χ4v) is 2.42. The van der Waals surface area contributed by atoms with Gasteiger partial charge in [0.1, 0.15) is 0 Å². The third-order valence-corrected chi connectivity index (χ3v) is 3.46. The maximum Gasteiger partial charge on any atom is 0.262 e. The van der Waals surface area contributed by atoms with Crippen molar-refractivity contribution in [1.29, 1.82) is 0 Å². The fourth-order valence-electron chi connectivity index (χ4n) is 1.77. The summed E-state index contributed by atoms with van der Waals surface area (Å²) in [6.07, 6.45) is -0.293. The molecule has 0 radical (unpaired) electrons. The van der Waals surface area contributed by atoms with Crippen molar-refractivity contribution >= 4 is 23.7 Å². The van der Waals surface area contributed by atoms with Crippen molar-refractivity contribution in [3.8, 4) is 10.7 Å². The first-order valence-corrected chi connectivity index (χ1v) is 6.01. The molecule has 1 fully saturated rings. The van der Waals surface area contributed by atoms with Gasteiger partial charge >= 0.3 is 0 Å². The molecular weight excluding hydrogens is 284 g/mol. The monoisotopic (exact) mass is 293 g/mol. The molecule has 0 aromatic carbocycles. The maximum absolute atomic E-state index is 13.0. The lowest BCUT2D eigenvalue weighted by molar-refractivity contribution is 0.0200. The molecule has 1 atom stereocenters. The Bertz CT molecular complexity index is 517. The molecule has 1 unspecified atom stereocenters. The van der Waals surface area contributed by atoms with Crippen molar-refractivity contribution in [1.82, 2.24) is 15.5 Å². The first-order valence-electron chi connectivity index (χ1n) is 5.13. The van der Waals surface area contributed by atoms with E-state index in [2.05, 4.69) is 15.5 Å². The lowest BCUT2D eigenvalue weighted by Gasteiger charge is -2.04. The van der Waals surface area contributed by atoms with E-state index in [4.69, 9.17) is 4.52 Å². The first kappa shape index (κ1) is 13.4. The van der Waals surface area contributed by atoms with E-state index >= 15 is 0 Å². The highest BCUT2D eigenvalue weighted by Gasteiger charge is 2.42. The van der Waals surface area contributed by atoms with Crippen LogP contribution in [0.2, 0.25) is 0 Å². The van der Waals surface area contributed by atoms with Crippen LogP contribution in [0.1, 0.15) is 18.4 Å². The second kappa shape index (κ2) is 4.91. The molecule has 8 heteroatoms. The Hall–Kier alpha value is -1.05. The number of nitrogens with zero attached hydrogens (tertiary/aromatic N) is 2.